The summed E-state index contributed by atoms with van der Waals surface area (Å²) in [4.78, 5) is 0. The first kappa shape index (κ1) is 12.0. The van der Waals surface area contributed by atoms with Crippen LogP contribution in [0, 0.1) is 18.8 Å². The molecule has 12 heavy (non-hydrogen) atoms. The maximum atomic E-state index is 4.03. The van der Waals surface area contributed by atoms with Crippen molar-refractivity contribution in [2.45, 2.75) is 59.3 Å². The Kier molecular flexibility index (Phi) is 7.64. The van der Waals surface area contributed by atoms with Gasteiger partial charge in [-0.3, -0.25) is 0 Å². The van der Waals surface area contributed by atoms with Crippen LogP contribution in [0.25, 0.3) is 0 Å². The van der Waals surface area contributed by atoms with E-state index >= 15 is 0 Å². The molecule has 0 aliphatic rings. The van der Waals surface area contributed by atoms with E-state index in [0.29, 0.717) is 0 Å². The third kappa shape index (κ3) is 4.79. The van der Waals surface area contributed by atoms with E-state index in [9.17, 15) is 0 Å². The molecule has 0 nitrogen and oxygen atoms in total. The second kappa shape index (κ2) is 7.64. The quantitative estimate of drug-likeness (QED) is 0.494. The normalized spacial score (nSPS) is 16.0. The van der Waals surface area contributed by atoms with Crippen LogP contribution in [-0.4, -0.2) is 0 Å². The Morgan fingerprint density at radius 3 is 2.25 bits per heavy atom. The van der Waals surface area contributed by atoms with Crippen LogP contribution in [-0.2, 0) is 0 Å². The van der Waals surface area contributed by atoms with E-state index in [1.807, 2.05) is 0 Å². The summed E-state index contributed by atoms with van der Waals surface area (Å²) in [6, 6.07) is 0. The molecule has 0 bridgehead atoms. The highest BCUT2D eigenvalue weighted by Crippen LogP contribution is 2.24. The zero-order valence-electron chi connectivity index (χ0n) is 9.10. The summed E-state index contributed by atoms with van der Waals surface area (Å²) < 4.78 is 0. The highest BCUT2D eigenvalue weighted by molar-refractivity contribution is 4.66. The van der Waals surface area contributed by atoms with Crippen LogP contribution in [0.2, 0.25) is 0 Å². The van der Waals surface area contributed by atoms with Crippen molar-refractivity contribution in [2.24, 2.45) is 11.8 Å². The third-order valence-corrected chi connectivity index (χ3v) is 3.00. The van der Waals surface area contributed by atoms with Crippen molar-refractivity contribution in [3.63, 3.8) is 0 Å². The summed E-state index contributed by atoms with van der Waals surface area (Å²) in [7, 11) is 0. The molecule has 0 aliphatic carbocycles. The molecular formula is C12H25. The minimum Gasteiger partial charge on any atom is -0.0654 e. The minimum absolute atomic E-state index is 0.874. The van der Waals surface area contributed by atoms with Gasteiger partial charge in [-0.05, 0) is 11.8 Å². The molecule has 0 heteroatoms. The van der Waals surface area contributed by atoms with Crippen LogP contribution in [0.1, 0.15) is 59.3 Å². The van der Waals surface area contributed by atoms with Crippen LogP contribution < -0.4 is 0 Å². The SMILES string of the molecule is [CH2]CC(CCCCC)C(C)CC. The largest absolute Gasteiger partial charge is 0.0654 e. The molecule has 0 spiro atoms. The van der Waals surface area contributed by atoms with Crippen LogP contribution in [0.15, 0.2) is 0 Å². The standard InChI is InChI=1S/C12H25/c1-5-8-9-10-12(7-3)11(4)6-2/h11-12H,3,5-10H2,1-2,4H3. The summed E-state index contributed by atoms with van der Waals surface area (Å²) in [5.41, 5.74) is 0. The Morgan fingerprint density at radius 2 is 1.83 bits per heavy atom. The molecular weight excluding hydrogens is 144 g/mol. The first-order valence-corrected chi connectivity index (χ1v) is 5.55. The van der Waals surface area contributed by atoms with E-state index in [0.717, 1.165) is 18.3 Å². The topological polar surface area (TPSA) is 0 Å². The lowest BCUT2D eigenvalue weighted by atomic mass is 9.85. The Bertz CT molecular complexity index is 86.0. The van der Waals surface area contributed by atoms with Gasteiger partial charge in [-0.1, -0.05) is 66.2 Å². The van der Waals surface area contributed by atoms with E-state index in [-0.39, 0.29) is 0 Å². The van der Waals surface area contributed by atoms with Gasteiger partial charge < -0.3 is 0 Å². The minimum atomic E-state index is 0.874. The molecule has 0 aliphatic heterocycles. The van der Waals surface area contributed by atoms with E-state index in [1.54, 1.807) is 0 Å². The molecule has 0 aromatic carbocycles. The predicted octanol–water partition coefficient (Wildman–Crippen LogP) is 4.45. The van der Waals surface area contributed by atoms with Crippen molar-refractivity contribution in [2.75, 3.05) is 0 Å². The molecule has 2 unspecified atom stereocenters. The van der Waals surface area contributed by atoms with Crippen LogP contribution in [0.4, 0.5) is 0 Å². The fourth-order valence-electron chi connectivity index (χ4n) is 1.70. The van der Waals surface area contributed by atoms with Gasteiger partial charge in [0.15, 0.2) is 0 Å². The number of rotatable bonds is 7. The average molecular weight is 169 g/mol. The maximum absolute atomic E-state index is 4.03. The number of unbranched alkanes of at least 4 members (excludes halogenated alkanes) is 2. The predicted molar refractivity (Wildman–Crippen MR) is 57.1 cm³/mol. The van der Waals surface area contributed by atoms with Gasteiger partial charge in [0.05, 0.1) is 0 Å². The highest BCUT2D eigenvalue weighted by Gasteiger charge is 2.12. The van der Waals surface area contributed by atoms with E-state index in [2.05, 4.69) is 27.7 Å². The first-order valence-electron chi connectivity index (χ1n) is 5.55. The third-order valence-electron chi connectivity index (χ3n) is 3.00. The molecule has 73 valence electrons. The van der Waals surface area contributed by atoms with Crippen LogP contribution in [0.5, 0.6) is 0 Å². The monoisotopic (exact) mass is 169 g/mol. The molecule has 1 radical (unpaired) electrons. The van der Waals surface area contributed by atoms with Gasteiger partial charge >= 0.3 is 0 Å². The second-order valence-electron chi connectivity index (χ2n) is 3.93. The van der Waals surface area contributed by atoms with Crippen molar-refractivity contribution < 1.29 is 0 Å². The molecule has 2 atom stereocenters. The zero-order chi connectivity index (χ0) is 9.40. The molecule has 0 fully saturated rings. The van der Waals surface area contributed by atoms with Crippen molar-refractivity contribution in [3.05, 3.63) is 6.92 Å². The number of hydrogen-bond acceptors (Lipinski definition) is 0. The molecule has 0 aromatic rings. The van der Waals surface area contributed by atoms with Gasteiger partial charge in [-0.2, -0.15) is 0 Å². The molecule has 0 heterocycles. The molecule has 0 amide bonds. The Morgan fingerprint density at radius 1 is 1.17 bits per heavy atom. The van der Waals surface area contributed by atoms with Gasteiger partial charge in [-0.15, -0.1) is 0 Å². The Balaban J connectivity index is 3.52. The van der Waals surface area contributed by atoms with Crippen molar-refractivity contribution in [3.8, 4) is 0 Å². The summed E-state index contributed by atoms with van der Waals surface area (Å²) in [6.45, 7) is 10.9. The Hall–Kier alpha value is 0. The molecule has 0 N–H and O–H groups in total. The molecule has 0 saturated heterocycles. The summed E-state index contributed by atoms with van der Waals surface area (Å²) in [6.07, 6.45) is 7.97. The summed E-state index contributed by atoms with van der Waals surface area (Å²) >= 11 is 0. The second-order valence-corrected chi connectivity index (χ2v) is 3.93. The van der Waals surface area contributed by atoms with Gasteiger partial charge in [-0.25, -0.2) is 0 Å². The fourth-order valence-corrected chi connectivity index (χ4v) is 1.70. The van der Waals surface area contributed by atoms with Gasteiger partial charge in [0, 0.05) is 0 Å². The average Bonchev–Trinajstić information content (AvgIpc) is 2.11. The van der Waals surface area contributed by atoms with Crippen molar-refractivity contribution in [1.29, 1.82) is 0 Å². The van der Waals surface area contributed by atoms with Gasteiger partial charge in [0.2, 0.25) is 0 Å². The van der Waals surface area contributed by atoms with Gasteiger partial charge in [0.25, 0.3) is 0 Å². The van der Waals surface area contributed by atoms with E-state index in [1.165, 1.54) is 32.1 Å². The fraction of sp³-hybridized carbons (Fsp3) is 0.917. The molecule has 0 rings (SSSR count). The lowest BCUT2D eigenvalue weighted by Crippen LogP contribution is -2.09. The zero-order valence-corrected chi connectivity index (χ0v) is 9.10. The summed E-state index contributed by atoms with van der Waals surface area (Å²) in [5.74, 6) is 1.75. The van der Waals surface area contributed by atoms with Gasteiger partial charge in [0.1, 0.15) is 0 Å². The highest BCUT2D eigenvalue weighted by atomic mass is 14.2. The lowest BCUT2D eigenvalue weighted by molar-refractivity contribution is 0.319. The number of hydrogen-bond donors (Lipinski definition) is 0. The van der Waals surface area contributed by atoms with Crippen LogP contribution in [0.3, 0.4) is 0 Å². The first-order chi connectivity index (χ1) is 5.76. The molecule has 0 aromatic heterocycles. The summed E-state index contributed by atoms with van der Waals surface area (Å²) in [5, 5.41) is 0. The molecule has 0 saturated carbocycles. The van der Waals surface area contributed by atoms with E-state index in [4.69, 9.17) is 0 Å². The van der Waals surface area contributed by atoms with Crippen molar-refractivity contribution >= 4 is 0 Å². The lowest BCUT2D eigenvalue weighted by Gasteiger charge is -2.20. The maximum Gasteiger partial charge on any atom is -0.0389 e. The smallest absolute Gasteiger partial charge is 0.0389 e. The van der Waals surface area contributed by atoms with Crippen LogP contribution >= 0.6 is 0 Å². The van der Waals surface area contributed by atoms with E-state index < -0.39 is 0 Å². The van der Waals surface area contributed by atoms with Crippen molar-refractivity contribution in [1.82, 2.24) is 0 Å². The Labute approximate surface area is 78.8 Å².